The van der Waals surface area contributed by atoms with E-state index in [1.165, 1.54) is 0 Å². The Labute approximate surface area is 119 Å². The minimum atomic E-state index is -0.0692. The number of anilines is 2. The lowest BCUT2D eigenvalue weighted by atomic mass is 10.2. The molecule has 0 bridgehead atoms. The second-order valence-electron chi connectivity index (χ2n) is 5.06. The molecule has 5 heteroatoms. The van der Waals surface area contributed by atoms with Gasteiger partial charge in [-0.15, -0.1) is 0 Å². The molecule has 1 heterocycles. The molecule has 3 N–H and O–H groups in total. The maximum atomic E-state index is 6.12. The Balaban J connectivity index is 2.17. The van der Waals surface area contributed by atoms with Crippen LogP contribution in [0.15, 0.2) is 28.8 Å². The number of ether oxygens (including phenoxy) is 1. The first-order valence-corrected chi connectivity index (χ1v) is 6.71. The number of nitrogens with two attached hydrogens (primary N) is 1. The van der Waals surface area contributed by atoms with Gasteiger partial charge in [-0.1, -0.05) is 6.07 Å². The molecule has 2 aromatic rings. The van der Waals surface area contributed by atoms with Crippen LogP contribution >= 0.6 is 0 Å². The molecule has 0 radical (unpaired) electrons. The van der Waals surface area contributed by atoms with Gasteiger partial charge in [0.15, 0.2) is 0 Å². The van der Waals surface area contributed by atoms with Crippen molar-refractivity contribution in [1.82, 2.24) is 4.98 Å². The summed E-state index contributed by atoms with van der Waals surface area (Å²) in [5.74, 6) is 2.11. The van der Waals surface area contributed by atoms with Crippen LogP contribution in [0.2, 0.25) is 0 Å². The minimum Gasteiger partial charge on any atom is -0.489 e. The van der Waals surface area contributed by atoms with Crippen LogP contribution in [0.5, 0.6) is 5.75 Å². The molecule has 0 amide bonds. The van der Waals surface area contributed by atoms with E-state index in [0.717, 1.165) is 11.4 Å². The molecule has 0 saturated carbocycles. The van der Waals surface area contributed by atoms with Crippen molar-refractivity contribution in [3.63, 3.8) is 0 Å². The number of rotatable bonds is 5. The highest BCUT2D eigenvalue weighted by molar-refractivity contribution is 5.73. The first-order valence-electron chi connectivity index (χ1n) is 6.71. The zero-order valence-electron chi connectivity index (χ0n) is 12.3. The van der Waals surface area contributed by atoms with Crippen molar-refractivity contribution in [2.24, 2.45) is 0 Å². The second-order valence-corrected chi connectivity index (χ2v) is 5.06. The molecule has 0 aliphatic rings. The summed E-state index contributed by atoms with van der Waals surface area (Å²) in [5, 5.41) is 3.29. The average molecular weight is 275 g/mol. The van der Waals surface area contributed by atoms with E-state index in [1.807, 2.05) is 45.9 Å². The van der Waals surface area contributed by atoms with E-state index in [9.17, 15) is 0 Å². The highest BCUT2D eigenvalue weighted by Crippen LogP contribution is 2.32. The zero-order chi connectivity index (χ0) is 14.7. The normalized spacial score (nSPS) is 12.4. The molecule has 2 rings (SSSR count). The van der Waals surface area contributed by atoms with Crippen LogP contribution in [0.1, 0.15) is 38.5 Å². The Morgan fingerprint density at radius 2 is 2.05 bits per heavy atom. The molecule has 0 saturated heterocycles. The van der Waals surface area contributed by atoms with Crippen LogP contribution < -0.4 is 15.8 Å². The molecule has 0 aliphatic heterocycles. The van der Waals surface area contributed by atoms with E-state index in [2.05, 4.69) is 10.3 Å². The molecule has 1 atom stereocenters. The lowest BCUT2D eigenvalue weighted by molar-refractivity contribution is 0.244. The van der Waals surface area contributed by atoms with Gasteiger partial charge in [0, 0.05) is 0 Å². The number of hydrogen-bond acceptors (Lipinski definition) is 5. The number of benzene rings is 1. The number of nitrogen functional groups attached to an aromatic ring is 1. The van der Waals surface area contributed by atoms with Gasteiger partial charge in [0.05, 0.1) is 23.7 Å². The summed E-state index contributed by atoms with van der Waals surface area (Å²) in [6, 6.07) is 5.61. The molecule has 0 aliphatic carbocycles. The molecule has 1 aromatic carbocycles. The third-order valence-corrected chi connectivity index (χ3v) is 2.81. The average Bonchev–Trinajstić information content (AvgIpc) is 2.80. The second kappa shape index (κ2) is 5.86. The summed E-state index contributed by atoms with van der Waals surface area (Å²) in [4.78, 5) is 4.21. The SMILES string of the molecule is Cc1cnc(C(C)Nc2cccc(OC(C)C)c2N)o1. The first kappa shape index (κ1) is 14.2. The van der Waals surface area contributed by atoms with Crippen molar-refractivity contribution in [1.29, 1.82) is 0 Å². The van der Waals surface area contributed by atoms with Crippen LogP contribution in [-0.2, 0) is 0 Å². The van der Waals surface area contributed by atoms with Crippen molar-refractivity contribution >= 4 is 11.4 Å². The molecule has 0 fully saturated rings. The molecule has 1 aromatic heterocycles. The Kier molecular flexibility index (Phi) is 4.17. The fourth-order valence-corrected chi connectivity index (χ4v) is 1.89. The summed E-state index contributed by atoms with van der Waals surface area (Å²) >= 11 is 0. The summed E-state index contributed by atoms with van der Waals surface area (Å²) < 4.78 is 11.2. The van der Waals surface area contributed by atoms with Crippen molar-refractivity contribution in [3.8, 4) is 5.75 Å². The van der Waals surface area contributed by atoms with Gasteiger partial charge in [-0.05, 0) is 39.8 Å². The third kappa shape index (κ3) is 3.23. The van der Waals surface area contributed by atoms with Gasteiger partial charge in [0.1, 0.15) is 17.6 Å². The number of hydrogen-bond donors (Lipinski definition) is 2. The van der Waals surface area contributed by atoms with Gasteiger partial charge in [-0.2, -0.15) is 0 Å². The predicted molar refractivity (Wildman–Crippen MR) is 79.9 cm³/mol. The Bertz CT molecular complexity index is 578. The molecule has 20 heavy (non-hydrogen) atoms. The van der Waals surface area contributed by atoms with E-state index >= 15 is 0 Å². The monoisotopic (exact) mass is 275 g/mol. The van der Waals surface area contributed by atoms with Gasteiger partial charge in [-0.3, -0.25) is 0 Å². The largest absolute Gasteiger partial charge is 0.489 e. The van der Waals surface area contributed by atoms with E-state index in [0.29, 0.717) is 17.3 Å². The van der Waals surface area contributed by atoms with E-state index < -0.39 is 0 Å². The standard InChI is InChI=1S/C15H21N3O2/c1-9(2)19-13-7-5-6-12(14(13)16)18-11(4)15-17-8-10(3)20-15/h5-9,11,18H,16H2,1-4H3. The molecule has 1 unspecified atom stereocenters. The molecule has 108 valence electrons. The van der Waals surface area contributed by atoms with Crippen molar-refractivity contribution < 1.29 is 9.15 Å². The van der Waals surface area contributed by atoms with E-state index in [4.69, 9.17) is 14.9 Å². The number of nitrogens with one attached hydrogen (secondary N) is 1. The van der Waals surface area contributed by atoms with Crippen LogP contribution in [0.3, 0.4) is 0 Å². The van der Waals surface area contributed by atoms with E-state index in [-0.39, 0.29) is 12.1 Å². The quantitative estimate of drug-likeness (QED) is 0.817. The number of aromatic nitrogens is 1. The van der Waals surface area contributed by atoms with Crippen molar-refractivity contribution in [2.45, 2.75) is 39.8 Å². The fraction of sp³-hybridized carbons (Fsp3) is 0.400. The van der Waals surface area contributed by atoms with Gasteiger partial charge in [0.2, 0.25) is 5.89 Å². The third-order valence-electron chi connectivity index (χ3n) is 2.81. The predicted octanol–water partition coefficient (Wildman–Crippen LogP) is 3.53. The first-order chi connectivity index (χ1) is 9.47. The van der Waals surface area contributed by atoms with Crippen molar-refractivity contribution in [3.05, 3.63) is 36.0 Å². The lowest BCUT2D eigenvalue weighted by Gasteiger charge is -2.17. The summed E-state index contributed by atoms with van der Waals surface area (Å²) in [6.07, 6.45) is 1.79. The number of para-hydroxylation sites is 1. The summed E-state index contributed by atoms with van der Waals surface area (Å²) in [6.45, 7) is 7.78. The lowest BCUT2D eigenvalue weighted by Crippen LogP contribution is -2.11. The summed E-state index contributed by atoms with van der Waals surface area (Å²) in [5.41, 5.74) is 7.53. The Morgan fingerprint density at radius 3 is 2.65 bits per heavy atom. The van der Waals surface area contributed by atoms with Gasteiger partial charge in [-0.25, -0.2) is 4.98 Å². The number of oxazole rings is 1. The maximum Gasteiger partial charge on any atom is 0.216 e. The maximum absolute atomic E-state index is 6.12. The number of aryl methyl sites for hydroxylation is 1. The highest BCUT2D eigenvalue weighted by atomic mass is 16.5. The van der Waals surface area contributed by atoms with Gasteiger partial charge in [0.25, 0.3) is 0 Å². The number of nitrogens with zero attached hydrogens (tertiary/aromatic N) is 1. The Morgan fingerprint density at radius 1 is 1.30 bits per heavy atom. The molecule has 5 nitrogen and oxygen atoms in total. The van der Waals surface area contributed by atoms with Crippen LogP contribution in [-0.4, -0.2) is 11.1 Å². The minimum absolute atomic E-state index is 0.0692. The zero-order valence-corrected chi connectivity index (χ0v) is 12.3. The topological polar surface area (TPSA) is 73.3 Å². The molecular formula is C15H21N3O2. The Hall–Kier alpha value is -2.17. The van der Waals surface area contributed by atoms with E-state index in [1.54, 1.807) is 6.20 Å². The van der Waals surface area contributed by atoms with Crippen molar-refractivity contribution in [2.75, 3.05) is 11.1 Å². The molecular weight excluding hydrogens is 254 g/mol. The summed E-state index contributed by atoms with van der Waals surface area (Å²) in [7, 11) is 0. The van der Waals surface area contributed by atoms with Gasteiger partial charge < -0.3 is 20.2 Å². The van der Waals surface area contributed by atoms with Crippen LogP contribution in [0, 0.1) is 6.92 Å². The molecule has 0 spiro atoms. The smallest absolute Gasteiger partial charge is 0.216 e. The highest BCUT2D eigenvalue weighted by Gasteiger charge is 2.14. The van der Waals surface area contributed by atoms with Crippen LogP contribution in [0.25, 0.3) is 0 Å². The van der Waals surface area contributed by atoms with Gasteiger partial charge >= 0.3 is 0 Å². The fourth-order valence-electron chi connectivity index (χ4n) is 1.89. The van der Waals surface area contributed by atoms with Crippen LogP contribution in [0.4, 0.5) is 11.4 Å².